The molecule has 0 saturated carbocycles. The normalized spacial score (nSPS) is 21.1. The van der Waals surface area contributed by atoms with Crippen LogP contribution in [0, 0.1) is 0 Å². The highest BCUT2D eigenvalue weighted by atomic mass is 16.4. The minimum absolute atomic E-state index is 0.0618. The van der Waals surface area contributed by atoms with Crippen molar-refractivity contribution in [2.24, 2.45) is 0 Å². The van der Waals surface area contributed by atoms with E-state index in [9.17, 15) is 34.8 Å². The number of nitrogens with zero attached hydrogens (tertiary/aromatic N) is 4. The minimum atomic E-state index is -0.927. The lowest BCUT2D eigenvalue weighted by atomic mass is 10.2. The monoisotopic (exact) mass is 446 g/mol. The topological polar surface area (TPSA) is 145 Å². The number of carbonyl (C=O) groups is 3. The summed E-state index contributed by atoms with van der Waals surface area (Å²) < 4.78 is 0. The van der Waals surface area contributed by atoms with Crippen LogP contribution in [0.25, 0.3) is 0 Å². The van der Waals surface area contributed by atoms with Crippen LogP contribution in [0.3, 0.4) is 0 Å². The standard InChI is InChI=1S/C20H38N4O7/c1-17(25)13-21-7-4-8-24(16-20(30)31)12-11-23(15-19(28)29)6-3-2-5-22(10-9-21)14-18(26)27/h17,25H,2-16H2,1H3,(H,26,27)(H,28,29)(H,30,31). The van der Waals surface area contributed by atoms with E-state index in [0.29, 0.717) is 65.3 Å². The number of rotatable bonds is 8. The Morgan fingerprint density at radius 3 is 1.29 bits per heavy atom. The third-order valence-corrected chi connectivity index (χ3v) is 5.21. The van der Waals surface area contributed by atoms with Crippen molar-refractivity contribution in [2.75, 3.05) is 78.5 Å². The molecule has 1 atom stereocenters. The predicted molar refractivity (Wildman–Crippen MR) is 114 cm³/mol. The Kier molecular flexibility index (Phi) is 13.3. The number of aliphatic carboxylic acids is 3. The predicted octanol–water partition coefficient (Wildman–Crippen LogP) is -0.987. The van der Waals surface area contributed by atoms with Crippen molar-refractivity contribution in [3.8, 4) is 0 Å². The molecule has 0 aromatic rings. The quantitative estimate of drug-likeness (QED) is 0.365. The van der Waals surface area contributed by atoms with Gasteiger partial charge in [0.05, 0.1) is 25.7 Å². The third-order valence-electron chi connectivity index (χ3n) is 5.21. The zero-order valence-electron chi connectivity index (χ0n) is 18.5. The molecule has 1 aliphatic heterocycles. The van der Waals surface area contributed by atoms with E-state index in [1.54, 1.807) is 11.8 Å². The number of carboxylic acids is 3. The lowest BCUT2D eigenvalue weighted by molar-refractivity contribution is -0.140. The van der Waals surface area contributed by atoms with E-state index in [4.69, 9.17) is 0 Å². The van der Waals surface area contributed by atoms with Crippen molar-refractivity contribution >= 4 is 17.9 Å². The van der Waals surface area contributed by atoms with Crippen LogP contribution < -0.4 is 0 Å². The fourth-order valence-electron chi connectivity index (χ4n) is 3.81. The van der Waals surface area contributed by atoms with E-state index in [1.165, 1.54) is 0 Å². The highest BCUT2D eigenvalue weighted by molar-refractivity contribution is 5.69. The lowest BCUT2D eigenvalue weighted by Gasteiger charge is -2.28. The van der Waals surface area contributed by atoms with Gasteiger partial charge >= 0.3 is 17.9 Å². The van der Waals surface area contributed by atoms with Gasteiger partial charge in [-0.1, -0.05) is 0 Å². The first kappa shape index (κ1) is 27.2. The number of aliphatic hydroxyl groups excluding tert-OH is 1. The van der Waals surface area contributed by atoms with Gasteiger partial charge in [0, 0.05) is 39.3 Å². The second kappa shape index (κ2) is 15.1. The zero-order chi connectivity index (χ0) is 23.2. The number of hydrogen-bond acceptors (Lipinski definition) is 8. The molecule has 11 heteroatoms. The molecule has 4 N–H and O–H groups in total. The first-order chi connectivity index (χ1) is 14.7. The Morgan fingerprint density at radius 1 is 0.613 bits per heavy atom. The summed E-state index contributed by atoms with van der Waals surface area (Å²) in [5.41, 5.74) is 0. The maximum Gasteiger partial charge on any atom is 0.317 e. The smallest absolute Gasteiger partial charge is 0.317 e. The van der Waals surface area contributed by atoms with Gasteiger partial charge in [-0.25, -0.2) is 0 Å². The van der Waals surface area contributed by atoms with Crippen LogP contribution in [-0.2, 0) is 14.4 Å². The molecule has 0 spiro atoms. The average molecular weight is 447 g/mol. The minimum Gasteiger partial charge on any atom is -0.480 e. The molecule has 31 heavy (non-hydrogen) atoms. The maximum atomic E-state index is 11.2. The number of hydrogen-bond donors (Lipinski definition) is 4. The second-order valence-corrected chi connectivity index (χ2v) is 8.22. The lowest BCUT2D eigenvalue weighted by Crippen LogP contribution is -2.42. The van der Waals surface area contributed by atoms with Crippen LogP contribution in [0.5, 0.6) is 0 Å². The number of aliphatic hydroxyl groups is 1. The Morgan fingerprint density at radius 2 is 0.935 bits per heavy atom. The fraction of sp³-hybridized carbons (Fsp3) is 0.850. The molecule has 1 fully saturated rings. The van der Waals surface area contributed by atoms with Crippen LogP contribution in [-0.4, -0.2) is 143 Å². The average Bonchev–Trinajstić information content (AvgIpc) is 2.64. The molecule has 1 saturated heterocycles. The molecular formula is C20H38N4O7. The summed E-state index contributed by atoms with van der Waals surface area (Å²) in [6, 6.07) is 0. The third kappa shape index (κ3) is 14.0. The Bertz CT molecular complexity index is 562. The van der Waals surface area contributed by atoms with Crippen LogP contribution in [0.2, 0.25) is 0 Å². The van der Waals surface area contributed by atoms with E-state index in [0.717, 1.165) is 12.8 Å². The van der Waals surface area contributed by atoms with Crippen LogP contribution in [0.15, 0.2) is 0 Å². The molecule has 180 valence electrons. The first-order valence-electron chi connectivity index (χ1n) is 10.9. The van der Waals surface area contributed by atoms with Crippen LogP contribution in [0.1, 0.15) is 26.2 Å². The van der Waals surface area contributed by atoms with Gasteiger partial charge in [-0.15, -0.1) is 0 Å². The Hall–Kier alpha value is -1.79. The molecule has 0 aromatic carbocycles. The highest BCUT2D eigenvalue weighted by Gasteiger charge is 2.18. The van der Waals surface area contributed by atoms with Crippen molar-refractivity contribution in [2.45, 2.75) is 32.3 Å². The van der Waals surface area contributed by atoms with Crippen LogP contribution >= 0.6 is 0 Å². The Balaban J connectivity index is 2.87. The molecule has 1 aliphatic rings. The fourth-order valence-corrected chi connectivity index (χ4v) is 3.81. The van der Waals surface area contributed by atoms with Gasteiger partial charge in [-0.2, -0.15) is 0 Å². The van der Waals surface area contributed by atoms with Gasteiger partial charge in [-0.05, 0) is 45.8 Å². The summed E-state index contributed by atoms with van der Waals surface area (Å²) in [4.78, 5) is 41.2. The van der Waals surface area contributed by atoms with Crippen LogP contribution in [0.4, 0.5) is 0 Å². The highest BCUT2D eigenvalue weighted by Crippen LogP contribution is 2.05. The summed E-state index contributed by atoms with van der Waals surface area (Å²) in [7, 11) is 0. The van der Waals surface area contributed by atoms with Gasteiger partial charge in [0.2, 0.25) is 0 Å². The van der Waals surface area contributed by atoms with Crippen molar-refractivity contribution in [3.05, 3.63) is 0 Å². The van der Waals surface area contributed by atoms with Crippen molar-refractivity contribution in [1.82, 2.24) is 19.6 Å². The molecule has 0 radical (unpaired) electrons. The largest absolute Gasteiger partial charge is 0.480 e. The first-order valence-corrected chi connectivity index (χ1v) is 10.9. The summed E-state index contributed by atoms with van der Waals surface area (Å²) in [5.74, 6) is -2.74. The SMILES string of the molecule is CC(O)CN1CCCN(CC(=O)O)CCN(CC(=O)O)CCCCN(CC(=O)O)CC1. The van der Waals surface area contributed by atoms with E-state index in [2.05, 4.69) is 4.90 Å². The van der Waals surface area contributed by atoms with Gasteiger partial charge < -0.3 is 20.4 Å². The van der Waals surface area contributed by atoms with Gasteiger partial charge in [0.25, 0.3) is 0 Å². The molecular weight excluding hydrogens is 408 g/mol. The summed E-state index contributed by atoms with van der Waals surface area (Å²) in [6.45, 7) is 6.33. The number of β-amino-alcohol motifs (C(OH)–C–C–N with tert-alkyl or cyclic N) is 1. The van der Waals surface area contributed by atoms with Gasteiger partial charge in [0.15, 0.2) is 0 Å². The maximum absolute atomic E-state index is 11.2. The molecule has 0 amide bonds. The van der Waals surface area contributed by atoms with Crippen molar-refractivity contribution < 1.29 is 34.8 Å². The second-order valence-electron chi connectivity index (χ2n) is 8.22. The van der Waals surface area contributed by atoms with E-state index in [1.807, 2.05) is 9.80 Å². The molecule has 0 aliphatic carbocycles. The van der Waals surface area contributed by atoms with E-state index in [-0.39, 0.29) is 19.6 Å². The van der Waals surface area contributed by atoms with E-state index >= 15 is 0 Å². The zero-order valence-corrected chi connectivity index (χ0v) is 18.5. The molecule has 0 bridgehead atoms. The summed E-state index contributed by atoms with van der Waals surface area (Å²) in [6.07, 6.45) is 1.63. The summed E-state index contributed by atoms with van der Waals surface area (Å²) in [5, 5.41) is 37.4. The van der Waals surface area contributed by atoms with E-state index < -0.39 is 24.0 Å². The van der Waals surface area contributed by atoms with Gasteiger partial charge in [-0.3, -0.25) is 34.0 Å². The number of carboxylic acid groups (broad SMARTS) is 3. The molecule has 1 heterocycles. The van der Waals surface area contributed by atoms with Gasteiger partial charge in [0.1, 0.15) is 0 Å². The van der Waals surface area contributed by atoms with Crippen molar-refractivity contribution in [3.63, 3.8) is 0 Å². The molecule has 1 unspecified atom stereocenters. The Labute approximate surface area is 183 Å². The van der Waals surface area contributed by atoms with Crippen molar-refractivity contribution in [1.29, 1.82) is 0 Å². The summed E-state index contributed by atoms with van der Waals surface area (Å²) >= 11 is 0. The molecule has 0 aromatic heterocycles. The molecule has 1 rings (SSSR count). The molecule has 11 nitrogen and oxygen atoms in total.